The van der Waals surface area contributed by atoms with Gasteiger partial charge in [0.2, 0.25) is 0 Å². The molecular formula is C18H18N2O4. The Morgan fingerprint density at radius 3 is 2.92 bits per heavy atom. The lowest BCUT2D eigenvalue weighted by molar-refractivity contribution is -0.118. The van der Waals surface area contributed by atoms with E-state index in [4.69, 9.17) is 9.47 Å². The van der Waals surface area contributed by atoms with E-state index in [1.165, 1.54) is 0 Å². The first-order valence-electron chi connectivity index (χ1n) is 7.57. The van der Waals surface area contributed by atoms with Crippen molar-refractivity contribution in [3.8, 4) is 5.75 Å². The minimum Gasteiger partial charge on any atom is -0.482 e. The van der Waals surface area contributed by atoms with E-state index in [0.29, 0.717) is 22.7 Å². The Kier molecular flexibility index (Phi) is 4.48. The summed E-state index contributed by atoms with van der Waals surface area (Å²) in [6, 6.07) is 12.4. The van der Waals surface area contributed by atoms with Crippen molar-refractivity contribution in [1.29, 1.82) is 0 Å². The van der Waals surface area contributed by atoms with E-state index in [1.54, 1.807) is 25.3 Å². The summed E-state index contributed by atoms with van der Waals surface area (Å²) >= 11 is 0. The van der Waals surface area contributed by atoms with E-state index in [-0.39, 0.29) is 24.5 Å². The molecule has 0 saturated heterocycles. The summed E-state index contributed by atoms with van der Waals surface area (Å²) in [5.74, 6) is 0.0585. The maximum atomic E-state index is 12.4. The largest absolute Gasteiger partial charge is 0.482 e. The van der Waals surface area contributed by atoms with Gasteiger partial charge in [-0.05, 0) is 42.8 Å². The van der Waals surface area contributed by atoms with E-state index < -0.39 is 0 Å². The second kappa shape index (κ2) is 6.72. The van der Waals surface area contributed by atoms with Gasteiger partial charge in [-0.15, -0.1) is 0 Å². The Hall–Kier alpha value is -2.86. The highest BCUT2D eigenvalue weighted by atomic mass is 16.5. The Morgan fingerprint density at radius 1 is 1.29 bits per heavy atom. The Labute approximate surface area is 139 Å². The summed E-state index contributed by atoms with van der Waals surface area (Å²) in [5.41, 5.74) is 2.59. The van der Waals surface area contributed by atoms with Crippen molar-refractivity contribution < 1.29 is 19.1 Å². The summed E-state index contributed by atoms with van der Waals surface area (Å²) < 4.78 is 10.6. The van der Waals surface area contributed by atoms with Gasteiger partial charge in [-0.1, -0.05) is 12.1 Å². The lowest BCUT2D eigenvalue weighted by Crippen LogP contribution is -2.25. The second-order valence-electron chi connectivity index (χ2n) is 5.51. The van der Waals surface area contributed by atoms with Gasteiger partial charge < -0.3 is 20.1 Å². The molecule has 0 radical (unpaired) electrons. The number of hydrogen-bond donors (Lipinski definition) is 2. The van der Waals surface area contributed by atoms with Gasteiger partial charge in [0.25, 0.3) is 11.8 Å². The molecule has 3 rings (SSSR count). The standard InChI is InChI=1S/C18H18N2O4/c1-11(23-2)12-4-3-5-14(8-12)19-18(22)13-6-7-16-15(9-13)20-17(21)10-24-16/h3-9,11H,10H2,1-2H3,(H,19,22)(H,20,21). The minimum absolute atomic E-state index is 0.0109. The molecule has 0 spiro atoms. The highest BCUT2D eigenvalue weighted by molar-refractivity contribution is 6.06. The summed E-state index contributed by atoms with van der Waals surface area (Å²) in [6.45, 7) is 1.93. The van der Waals surface area contributed by atoms with Crippen LogP contribution < -0.4 is 15.4 Å². The first kappa shape index (κ1) is 16.0. The van der Waals surface area contributed by atoms with Crippen LogP contribution in [0.1, 0.15) is 28.9 Å². The molecule has 1 aliphatic rings. The molecule has 1 atom stereocenters. The van der Waals surface area contributed by atoms with Gasteiger partial charge >= 0.3 is 0 Å². The summed E-state index contributed by atoms with van der Waals surface area (Å²) in [7, 11) is 1.64. The van der Waals surface area contributed by atoms with Crippen LogP contribution in [-0.4, -0.2) is 25.5 Å². The maximum absolute atomic E-state index is 12.4. The molecule has 2 N–H and O–H groups in total. The number of hydrogen-bond acceptors (Lipinski definition) is 4. The Bertz CT molecular complexity index is 788. The number of anilines is 2. The molecule has 0 fully saturated rings. The predicted octanol–water partition coefficient (Wildman–Crippen LogP) is 2.98. The third-order valence-electron chi connectivity index (χ3n) is 3.84. The monoisotopic (exact) mass is 326 g/mol. The topological polar surface area (TPSA) is 76.7 Å². The van der Waals surface area contributed by atoms with Crippen molar-refractivity contribution in [3.63, 3.8) is 0 Å². The molecule has 1 heterocycles. The van der Waals surface area contributed by atoms with Crippen LogP contribution in [0.4, 0.5) is 11.4 Å². The van der Waals surface area contributed by atoms with Crippen molar-refractivity contribution in [1.82, 2.24) is 0 Å². The number of amides is 2. The van der Waals surface area contributed by atoms with Gasteiger partial charge in [0.15, 0.2) is 6.61 Å². The van der Waals surface area contributed by atoms with Crippen LogP contribution in [0, 0.1) is 0 Å². The number of fused-ring (bicyclic) bond motifs is 1. The molecule has 0 aromatic heterocycles. The highest BCUT2D eigenvalue weighted by Crippen LogP contribution is 2.29. The molecule has 2 aromatic carbocycles. The van der Waals surface area contributed by atoms with Crippen molar-refractivity contribution in [2.75, 3.05) is 24.4 Å². The number of rotatable bonds is 4. The van der Waals surface area contributed by atoms with Crippen LogP contribution in [0.15, 0.2) is 42.5 Å². The fraction of sp³-hybridized carbons (Fsp3) is 0.222. The number of carbonyl (C=O) groups is 2. The molecule has 2 aromatic rings. The molecule has 0 aliphatic carbocycles. The van der Waals surface area contributed by atoms with Gasteiger partial charge in [-0.2, -0.15) is 0 Å². The second-order valence-corrected chi connectivity index (χ2v) is 5.51. The quantitative estimate of drug-likeness (QED) is 0.905. The van der Waals surface area contributed by atoms with Crippen LogP contribution in [-0.2, 0) is 9.53 Å². The summed E-state index contributed by atoms with van der Waals surface area (Å²) in [5, 5.41) is 5.54. The van der Waals surface area contributed by atoms with Crippen molar-refractivity contribution in [2.24, 2.45) is 0 Å². The number of benzene rings is 2. The Morgan fingerprint density at radius 2 is 2.12 bits per heavy atom. The highest BCUT2D eigenvalue weighted by Gasteiger charge is 2.18. The molecule has 124 valence electrons. The number of methoxy groups -OCH3 is 1. The van der Waals surface area contributed by atoms with E-state index in [1.807, 2.05) is 31.2 Å². The van der Waals surface area contributed by atoms with Crippen LogP contribution in [0.2, 0.25) is 0 Å². The molecule has 24 heavy (non-hydrogen) atoms. The van der Waals surface area contributed by atoms with Gasteiger partial charge in [-0.25, -0.2) is 0 Å². The molecule has 6 heteroatoms. The first-order valence-corrected chi connectivity index (χ1v) is 7.57. The van der Waals surface area contributed by atoms with Crippen molar-refractivity contribution in [2.45, 2.75) is 13.0 Å². The average Bonchev–Trinajstić information content (AvgIpc) is 2.60. The molecule has 0 saturated carbocycles. The summed E-state index contributed by atoms with van der Waals surface area (Å²) in [4.78, 5) is 23.8. The molecule has 1 aliphatic heterocycles. The van der Waals surface area contributed by atoms with Gasteiger partial charge in [0.1, 0.15) is 5.75 Å². The minimum atomic E-state index is -0.264. The zero-order valence-corrected chi connectivity index (χ0v) is 13.5. The smallest absolute Gasteiger partial charge is 0.262 e. The predicted molar refractivity (Wildman–Crippen MR) is 90.4 cm³/mol. The molecule has 6 nitrogen and oxygen atoms in total. The Balaban J connectivity index is 1.78. The van der Waals surface area contributed by atoms with Crippen LogP contribution >= 0.6 is 0 Å². The number of ether oxygens (including phenoxy) is 2. The van der Waals surface area contributed by atoms with Crippen molar-refractivity contribution >= 4 is 23.2 Å². The fourth-order valence-corrected chi connectivity index (χ4v) is 2.43. The molecule has 0 bridgehead atoms. The van der Waals surface area contributed by atoms with Crippen LogP contribution in [0.5, 0.6) is 5.75 Å². The van der Waals surface area contributed by atoms with Gasteiger partial charge in [0, 0.05) is 18.4 Å². The van der Waals surface area contributed by atoms with E-state index in [9.17, 15) is 9.59 Å². The van der Waals surface area contributed by atoms with E-state index in [0.717, 1.165) is 5.56 Å². The number of carbonyl (C=O) groups excluding carboxylic acids is 2. The number of nitrogens with one attached hydrogen (secondary N) is 2. The third kappa shape index (κ3) is 3.38. The first-order chi connectivity index (χ1) is 11.6. The average molecular weight is 326 g/mol. The zero-order chi connectivity index (χ0) is 17.1. The van der Waals surface area contributed by atoms with Gasteiger partial charge in [-0.3, -0.25) is 9.59 Å². The SMILES string of the molecule is COC(C)c1cccc(NC(=O)c2ccc3c(c2)NC(=O)CO3)c1. The third-order valence-corrected chi connectivity index (χ3v) is 3.84. The van der Waals surface area contributed by atoms with E-state index >= 15 is 0 Å². The normalized spacial score (nSPS) is 14.2. The molecule has 1 unspecified atom stereocenters. The summed E-state index contributed by atoms with van der Waals surface area (Å²) in [6.07, 6.45) is -0.0574. The lowest BCUT2D eigenvalue weighted by atomic mass is 10.1. The van der Waals surface area contributed by atoms with Crippen LogP contribution in [0.25, 0.3) is 0 Å². The van der Waals surface area contributed by atoms with Gasteiger partial charge in [0.05, 0.1) is 11.8 Å². The van der Waals surface area contributed by atoms with E-state index in [2.05, 4.69) is 10.6 Å². The maximum Gasteiger partial charge on any atom is 0.262 e. The van der Waals surface area contributed by atoms with Crippen LogP contribution in [0.3, 0.4) is 0 Å². The molecule has 2 amide bonds. The lowest BCUT2D eigenvalue weighted by Gasteiger charge is -2.18. The van der Waals surface area contributed by atoms with Crippen molar-refractivity contribution in [3.05, 3.63) is 53.6 Å². The molecular weight excluding hydrogens is 308 g/mol. The fourth-order valence-electron chi connectivity index (χ4n) is 2.43. The zero-order valence-electron chi connectivity index (χ0n) is 13.5.